The molecule has 1 amide bonds. The first-order valence-electron chi connectivity index (χ1n) is 5.78. The first-order chi connectivity index (χ1) is 7.70. The van der Waals surface area contributed by atoms with E-state index in [9.17, 15) is 9.59 Å². The zero-order chi connectivity index (χ0) is 11.5. The second kappa shape index (κ2) is 4.82. The molecule has 2 saturated heterocycles. The molecule has 0 saturated carbocycles. The number of hydrogen-bond acceptors (Lipinski definition) is 4. The van der Waals surface area contributed by atoms with Gasteiger partial charge in [0.15, 0.2) is 0 Å². The van der Waals surface area contributed by atoms with Crippen LogP contribution in [0.5, 0.6) is 0 Å². The van der Waals surface area contributed by atoms with Crippen LogP contribution >= 0.6 is 0 Å². The van der Waals surface area contributed by atoms with Gasteiger partial charge in [-0.1, -0.05) is 0 Å². The number of rotatable bonds is 3. The fourth-order valence-corrected chi connectivity index (χ4v) is 2.52. The molecular formula is C11H18N2O3. The molecule has 2 aliphatic rings. The van der Waals surface area contributed by atoms with Crippen LogP contribution in [0.15, 0.2) is 0 Å². The molecular weight excluding hydrogens is 208 g/mol. The number of carbonyl (C=O) groups is 2. The molecule has 16 heavy (non-hydrogen) atoms. The zero-order valence-corrected chi connectivity index (χ0v) is 9.57. The normalized spacial score (nSPS) is 27.9. The number of esters is 1. The van der Waals surface area contributed by atoms with Gasteiger partial charge in [-0.3, -0.25) is 9.59 Å². The Kier molecular flexibility index (Phi) is 3.43. The van der Waals surface area contributed by atoms with Gasteiger partial charge in [-0.25, -0.2) is 0 Å². The van der Waals surface area contributed by atoms with Crippen LogP contribution in [-0.2, 0) is 14.3 Å². The third kappa shape index (κ3) is 2.35. The molecule has 0 aromatic carbocycles. The van der Waals surface area contributed by atoms with E-state index in [2.05, 4.69) is 10.1 Å². The Morgan fingerprint density at radius 3 is 2.88 bits per heavy atom. The molecule has 2 aliphatic heterocycles. The first-order valence-corrected chi connectivity index (χ1v) is 5.78. The average Bonchev–Trinajstić information content (AvgIpc) is 2.85. The fraction of sp³-hybridized carbons (Fsp3) is 0.818. The maximum atomic E-state index is 11.8. The minimum atomic E-state index is -0.314. The number of amides is 1. The first kappa shape index (κ1) is 11.4. The molecule has 5 nitrogen and oxygen atoms in total. The van der Waals surface area contributed by atoms with Crippen LogP contribution in [-0.4, -0.2) is 49.6 Å². The van der Waals surface area contributed by atoms with Gasteiger partial charge in [-0.15, -0.1) is 0 Å². The van der Waals surface area contributed by atoms with Crippen molar-refractivity contribution in [3.05, 3.63) is 0 Å². The van der Waals surface area contributed by atoms with Gasteiger partial charge in [0.2, 0.25) is 5.91 Å². The Hall–Kier alpha value is -1.10. The van der Waals surface area contributed by atoms with Crippen molar-refractivity contribution in [2.24, 2.45) is 5.92 Å². The van der Waals surface area contributed by atoms with Crippen molar-refractivity contribution in [3.8, 4) is 0 Å². The number of ether oxygens (including phenoxy) is 1. The predicted molar refractivity (Wildman–Crippen MR) is 57.7 cm³/mol. The minimum Gasteiger partial charge on any atom is -0.469 e. The molecule has 0 aromatic rings. The maximum Gasteiger partial charge on any atom is 0.306 e. The second-order valence-electron chi connectivity index (χ2n) is 4.48. The highest BCUT2D eigenvalue weighted by molar-refractivity contribution is 5.81. The van der Waals surface area contributed by atoms with E-state index in [0.717, 1.165) is 26.1 Å². The van der Waals surface area contributed by atoms with Crippen LogP contribution in [0.4, 0.5) is 0 Å². The van der Waals surface area contributed by atoms with Crippen molar-refractivity contribution in [1.82, 2.24) is 10.2 Å². The lowest BCUT2D eigenvalue weighted by Crippen LogP contribution is -2.34. The summed E-state index contributed by atoms with van der Waals surface area (Å²) in [4.78, 5) is 24.6. The molecule has 1 N–H and O–H groups in total. The topological polar surface area (TPSA) is 58.6 Å². The number of carbonyl (C=O) groups excluding carboxylic acids is 2. The summed E-state index contributed by atoms with van der Waals surface area (Å²) >= 11 is 0. The number of hydrogen-bond donors (Lipinski definition) is 1. The van der Waals surface area contributed by atoms with Gasteiger partial charge in [-0.05, 0) is 18.9 Å². The zero-order valence-electron chi connectivity index (χ0n) is 9.57. The molecule has 0 unspecified atom stereocenters. The van der Waals surface area contributed by atoms with Crippen molar-refractivity contribution in [1.29, 1.82) is 0 Å². The summed E-state index contributed by atoms with van der Waals surface area (Å²) in [5.74, 6) is 0.370. The molecule has 2 atom stereocenters. The van der Waals surface area contributed by atoms with Crippen LogP contribution in [0.2, 0.25) is 0 Å². The van der Waals surface area contributed by atoms with E-state index in [1.807, 2.05) is 4.90 Å². The van der Waals surface area contributed by atoms with Crippen LogP contribution in [0.3, 0.4) is 0 Å². The third-order valence-electron chi connectivity index (χ3n) is 3.49. The number of methoxy groups -OCH3 is 1. The third-order valence-corrected chi connectivity index (χ3v) is 3.49. The van der Waals surface area contributed by atoms with E-state index in [1.165, 1.54) is 7.11 Å². The molecule has 0 spiro atoms. The number of nitrogens with one attached hydrogen (secondary N) is 1. The van der Waals surface area contributed by atoms with Crippen molar-refractivity contribution in [2.45, 2.75) is 25.3 Å². The standard InChI is InChI=1S/C11H18N2O3/c1-16-11(15)3-2-10(14)13-6-8-4-5-12-9(8)7-13/h8-9,12H,2-7H2,1H3/t8-,9+/m1/s1. The average molecular weight is 226 g/mol. The molecule has 2 heterocycles. The van der Waals surface area contributed by atoms with E-state index >= 15 is 0 Å². The van der Waals surface area contributed by atoms with Gasteiger partial charge in [0, 0.05) is 25.6 Å². The Labute approximate surface area is 95.1 Å². The fourth-order valence-electron chi connectivity index (χ4n) is 2.52. The van der Waals surface area contributed by atoms with Crippen molar-refractivity contribution >= 4 is 11.9 Å². The highest BCUT2D eigenvalue weighted by Crippen LogP contribution is 2.25. The van der Waals surface area contributed by atoms with Crippen LogP contribution in [0, 0.1) is 5.92 Å². The molecule has 5 heteroatoms. The highest BCUT2D eigenvalue weighted by Gasteiger charge is 2.37. The lowest BCUT2D eigenvalue weighted by atomic mass is 10.1. The van der Waals surface area contributed by atoms with Gasteiger partial charge in [0.1, 0.15) is 0 Å². The van der Waals surface area contributed by atoms with Crippen molar-refractivity contribution in [2.75, 3.05) is 26.7 Å². The smallest absolute Gasteiger partial charge is 0.306 e. The molecule has 0 aromatic heterocycles. The quantitative estimate of drug-likeness (QED) is 0.675. The van der Waals surface area contributed by atoms with Gasteiger partial charge in [-0.2, -0.15) is 0 Å². The predicted octanol–water partition coefficient (Wildman–Crippen LogP) is -0.240. The van der Waals surface area contributed by atoms with Gasteiger partial charge in [0.25, 0.3) is 0 Å². The summed E-state index contributed by atoms with van der Waals surface area (Å²) in [5, 5.41) is 3.39. The van der Waals surface area contributed by atoms with Gasteiger partial charge in [0.05, 0.1) is 13.5 Å². The van der Waals surface area contributed by atoms with E-state index in [0.29, 0.717) is 12.0 Å². The lowest BCUT2D eigenvalue weighted by Gasteiger charge is -2.16. The van der Waals surface area contributed by atoms with Crippen molar-refractivity contribution < 1.29 is 14.3 Å². The molecule has 2 fully saturated rings. The summed E-state index contributed by atoms with van der Waals surface area (Å²) in [7, 11) is 1.34. The maximum absolute atomic E-state index is 11.8. The summed E-state index contributed by atoms with van der Waals surface area (Å²) in [6, 6.07) is 0.474. The Balaban J connectivity index is 1.76. The Morgan fingerprint density at radius 1 is 1.38 bits per heavy atom. The minimum absolute atomic E-state index is 0.0709. The SMILES string of the molecule is COC(=O)CCC(=O)N1C[C@H]2CCN[C@H]2C1. The molecule has 2 rings (SSSR count). The largest absolute Gasteiger partial charge is 0.469 e. The monoisotopic (exact) mass is 226 g/mol. The second-order valence-corrected chi connectivity index (χ2v) is 4.48. The lowest BCUT2D eigenvalue weighted by molar-refractivity contribution is -0.143. The summed E-state index contributed by atoms with van der Waals surface area (Å²) < 4.78 is 4.52. The number of nitrogens with zero attached hydrogens (tertiary/aromatic N) is 1. The number of likely N-dealkylation sites (tertiary alicyclic amines) is 1. The highest BCUT2D eigenvalue weighted by atomic mass is 16.5. The van der Waals surface area contributed by atoms with Gasteiger partial charge >= 0.3 is 5.97 Å². The van der Waals surface area contributed by atoms with E-state index < -0.39 is 0 Å². The van der Waals surface area contributed by atoms with E-state index in [4.69, 9.17) is 0 Å². The Bertz CT molecular complexity index is 281. The van der Waals surface area contributed by atoms with E-state index in [1.54, 1.807) is 0 Å². The Morgan fingerprint density at radius 2 is 2.19 bits per heavy atom. The number of fused-ring (bicyclic) bond motifs is 1. The molecule has 0 radical (unpaired) electrons. The van der Waals surface area contributed by atoms with Crippen molar-refractivity contribution in [3.63, 3.8) is 0 Å². The summed E-state index contributed by atoms with van der Waals surface area (Å²) in [6.45, 7) is 2.71. The molecule has 90 valence electrons. The van der Waals surface area contributed by atoms with E-state index in [-0.39, 0.29) is 24.7 Å². The van der Waals surface area contributed by atoms with Crippen LogP contribution in [0.1, 0.15) is 19.3 Å². The summed E-state index contributed by atoms with van der Waals surface area (Å²) in [5.41, 5.74) is 0. The molecule has 0 aliphatic carbocycles. The van der Waals surface area contributed by atoms with Gasteiger partial charge < -0.3 is 15.0 Å². The molecule has 0 bridgehead atoms. The van der Waals surface area contributed by atoms with Crippen LogP contribution in [0.25, 0.3) is 0 Å². The summed E-state index contributed by atoms with van der Waals surface area (Å²) in [6.07, 6.45) is 1.62. The van der Waals surface area contributed by atoms with Crippen LogP contribution < -0.4 is 5.32 Å².